The summed E-state index contributed by atoms with van der Waals surface area (Å²) < 4.78 is 0. The van der Waals surface area contributed by atoms with Crippen LogP contribution in [0.25, 0.3) is 0 Å². The molecule has 20 heavy (non-hydrogen) atoms. The lowest BCUT2D eigenvalue weighted by Crippen LogP contribution is -1.89. The molecule has 0 rings (SSSR count). The topological polar surface area (TPSA) is 17.1 Å². The molecule has 0 atom stereocenters. The Morgan fingerprint density at radius 3 is 1.50 bits per heavy atom. The second kappa shape index (κ2) is 16.5. The van der Waals surface area contributed by atoms with Crippen molar-refractivity contribution in [3.8, 4) is 0 Å². The van der Waals surface area contributed by atoms with Crippen LogP contribution >= 0.6 is 0 Å². The summed E-state index contributed by atoms with van der Waals surface area (Å²) in [7, 11) is 0. The molecule has 0 unspecified atom stereocenters. The number of allylic oxidation sites excluding steroid dienone is 2. The van der Waals surface area contributed by atoms with E-state index in [0.717, 1.165) is 12.8 Å². The molecule has 1 heteroatoms. The van der Waals surface area contributed by atoms with Crippen LogP contribution in [0.4, 0.5) is 0 Å². The monoisotopic (exact) mass is 280 g/mol. The molecule has 0 aromatic carbocycles. The molecule has 0 fully saturated rings. The van der Waals surface area contributed by atoms with Crippen LogP contribution in [0.5, 0.6) is 0 Å². The summed E-state index contributed by atoms with van der Waals surface area (Å²) in [4.78, 5) is 10.8. The number of hydrogen-bond acceptors (Lipinski definition) is 1. The smallest absolute Gasteiger partial charge is 0.129 e. The van der Waals surface area contributed by atoms with E-state index in [9.17, 15) is 4.79 Å². The van der Waals surface area contributed by atoms with Gasteiger partial charge < -0.3 is 4.79 Å². The number of hydrogen-bond donors (Lipinski definition) is 0. The van der Waals surface area contributed by atoms with Crippen LogP contribution in [-0.4, -0.2) is 5.78 Å². The van der Waals surface area contributed by atoms with E-state index < -0.39 is 0 Å². The molecule has 0 saturated carbocycles. The third-order valence-electron chi connectivity index (χ3n) is 3.89. The second-order valence-electron chi connectivity index (χ2n) is 6.05. The Bertz CT molecular complexity index is 230. The maximum absolute atomic E-state index is 10.8. The van der Waals surface area contributed by atoms with Crippen LogP contribution in [0.3, 0.4) is 0 Å². The SMILES string of the molecule is C/C=C/CCCCCCCCCCCCCCC(C)=O. The Labute approximate surface area is 127 Å². The number of carbonyl (C=O) groups is 1. The number of unbranched alkanes of at least 4 members (excludes halogenated alkanes) is 12. The fourth-order valence-electron chi connectivity index (χ4n) is 2.57. The van der Waals surface area contributed by atoms with E-state index in [1.807, 2.05) is 0 Å². The molecule has 1 nitrogen and oxygen atoms in total. The zero-order valence-electron chi connectivity index (χ0n) is 14.0. The molecule has 0 aliphatic rings. The predicted octanol–water partition coefficient (Wildman–Crippen LogP) is 6.61. The molecule has 0 N–H and O–H groups in total. The first-order valence-corrected chi connectivity index (χ1v) is 8.88. The van der Waals surface area contributed by atoms with Crippen LogP contribution < -0.4 is 0 Å². The fourth-order valence-corrected chi connectivity index (χ4v) is 2.57. The first-order chi connectivity index (χ1) is 9.77. The highest BCUT2D eigenvalue weighted by molar-refractivity contribution is 5.75. The maximum atomic E-state index is 10.8. The van der Waals surface area contributed by atoms with Crippen molar-refractivity contribution in [2.45, 2.75) is 104 Å². The van der Waals surface area contributed by atoms with Gasteiger partial charge in [-0.1, -0.05) is 76.4 Å². The van der Waals surface area contributed by atoms with E-state index in [0.29, 0.717) is 5.78 Å². The van der Waals surface area contributed by atoms with Gasteiger partial charge in [0.05, 0.1) is 0 Å². The Balaban J connectivity index is 2.97. The third kappa shape index (κ3) is 17.4. The van der Waals surface area contributed by atoms with Gasteiger partial charge >= 0.3 is 0 Å². The number of carbonyl (C=O) groups excluding carboxylic acids is 1. The van der Waals surface area contributed by atoms with Gasteiger partial charge in [-0.05, 0) is 33.1 Å². The lowest BCUT2D eigenvalue weighted by atomic mass is 10.0. The largest absolute Gasteiger partial charge is 0.300 e. The normalized spacial score (nSPS) is 11.3. The minimum atomic E-state index is 0.343. The molecule has 0 radical (unpaired) electrons. The van der Waals surface area contributed by atoms with E-state index in [2.05, 4.69) is 19.1 Å². The second-order valence-corrected chi connectivity index (χ2v) is 6.05. The van der Waals surface area contributed by atoms with Crippen LogP contribution in [-0.2, 0) is 4.79 Å². The van der Waals surface area contributed by atoms with E-state index >= 15 is 0 Å². The van der Waals surface area contributed by atoms with Crippen molar-refractivity contribution in [1.82, 2.24) is 0 Å². The molecule has 0 amide bonds. The average Bonchev–Trinajstić information content (AvgIpc) is 2.43. The van der Waals surface area contributed by atoms with Crippen molar-refractivity contribution < 1.29 is 4.79 Å². The van der Waals surface area contributed by atoms with Crippen molar-refractivity contribution >= 4 is 5.78 Å². The van der Waals surface area contributed by atoms with Gasteiger partial charge in [0.15, 0.2) is 0 Å². The molecule has 0 aliphatic heterocycles. The van der Waals surface area contributed by atoms with Gasteiger partial charge in [0.25, 0.3) is 0 Å². The molecule has 0 aliphatic carbocycles. The lowest BCUT2D eigenvalue weighted by molar-refractivity contribution is -0.117. The minimum absolute atomic E-state index is 0.343. The highest BCUT2D eigenvalue weighted by Gasteiger charge is 1.95. The van der Waals surface area contributed by atoms with Crippen LogP contribution in [0.2, 0.25) is 0 Å². The van der Waals surface area contributed by atoms with Crippen molar-refractivity contribution in [3.63, 3.8) is 0 Å². The first kappa shape index (κ1) is 19.4. The Hall–Kier alpha value is -0.590. The summed E-state index contributed by atoms with van der Waals surface area (Å²) in [6.07, 6.45) is 22.8. The molecule has 0 bridgehead atoms. The van der Waals surface area contributed by atoms with Gasteiger partial charge in [-0.25, -0.2) is 0 Å². The highest BCUT2D eigenvalue weighted by atomic mass is 16.1. The van der Waals surface area contributed by atoms with Crippen LogP contribution in [0, 0.1) is 0 Å². The summed E-state index contributed by atoms with van der Waals surface area (Å²) in [5.74, 6) is 0.343. The first-order valence-electron chi connectivity index (χ1n) is 8.88. The van der Waals surface area contributed by atoms with Crippen LogP contribution in [0.1, 0.15) is 104 Å². The van der Waals surface area contributed by atoms with E-state index in [1.54, 1.807) is 6.92 Å². The Kier molecular flexibility index (Phi) is 16.0. The molecule has 0 aromatic heterocycles. The lowest BCUT2D eigenvalue weighted by Gasteiger charge is -2.02. The zero-order valence-corrected chi connectivity index (χ0v) is 14.0. The third-order valence-corrected chi connectivity index (χ3v) is 3.89. The van der Waals surface area contributed by atoms with Gasteiger partial charge in [0.1, 0.15) is 5.78 Å². The van der Waals surface area contributed by atoms with Gasteiger partial charge in [0.2, 0.25) is 0 Å². The predicted molar refractivity (Wildman–Crippen MR) is 90.1 cm³/mol. The minimum Gasteiger partial charge on any atom is -0.300 e. The van der Waals surface area contributed by atoms with Crippen molar-refractivity contribution in [2.75, 3.05) is 0 Å². The molecule has 0 saturated heterocycles. The van der Waals surface area contributed by atoms with Gasteiger partial charge in [-0.3, -0.25) is 0 Å². The highest BCUT2D eigenvalue weighted by Crippen LogP contribution is 2.13. The van der Waals surface area contributed by atoms with E-state index in [1.165, 1.54) is 77.0 Å². The Morgan fingerprint density at radius 2 is 1.10 bits per heavy atom. The number of rotatable bonds is 15. The molecular formula is C19H36O. The van der Waals surface area contributed by atoms with E-state index in [4.69, 9.17) is 0 Å². The molecule has 118 valence electrons. The number of Topliss-reactive ketones (excluding diaryl/α,β-unsaturated/α-hetero) is 1. The van der Waals surface area contributed by atoms with Crippen molar-refractivity contribution in [3.05, 3.63) is 12.2 Å². The zero-order chi connectivity index (χ0) is 14.9. The van der Waals surface area contributed by atoms with Gasteiger partial charge in [-0.15, -0.1) is 0 Å². The van der Waals surface area contributed by atoms with Gasteiger partial charge in [0, 0.05) is 6.42 Å². The van der Waals surface area contributed by atoms with Crippen LogP contribution in [0.15, 0.2) is 12.2 Å². The summed E-state index contributed by atoms with van der Waals surface area (Å²) in [5.41, 5.74) is 0. The summed E-state index contributed by atoms with van der Waals surface area (Å²) in [6.45, 7) is 3.80. The summed E-state index contributed by atoms with van der Waals surface area (Å²) in [5, 5.41) is 0. The number of ketones is 1. The molecule has 0 spiro atoms. The average molecular weight is 280 g/mol. The standard InChI is InChI=1S/C19H36O/c1-3-4-5-6-7-8-9-10-11-12-13-14-15-16-17-18-19(2)20/h3-4H,5-18H2,1-2H3/b4-3+. The van der Waals surface area contributed by atoms with Crippen molar-refractivity contribution in [2.24, 2.45) is 0 Å². The van der Waals surface area contributed by atoms with Gasteiger partial charge in [-0.2, -0.15) is 0 Å². The summed E-state index contributed by atoms with van der Waals surface area (Å²) >= 11 is 0. The summed E-state index contributed by atoms with van der Waals surface area (Å²) in [6, 6.07) is 0. The Morgan fingerprint density at radius 1 is 0.700 bits per heavy atom. The van der Waals surface area contributed by atoms with E-state index in [-0.39, 0.29) is 0 Å². The molecule has 0 aromatic rings. The van der Waals surface area contributed by atoms with Crippen molar-refractivity contribution in [1.29, 1.82) is 0 Å². The maximum Gasteiger partial charge on any atom is 0.129 e. The molecular weight excluding hydrogens is 244 g/mol. The fraction of sp³-hybridized carbons (Fsp3) is 0.842. The quantitative estimate of drug-likeness (QED) is 0.243. The molecule has 0 heterocycles.